The molecule has 0 spiro atoms. The van der Waals surface area contributed by atoms with Gasteiger partial charge in [0.25, 0.3) is 5.91 Å². The van der Waals surface area contributed by atoms with E-state index in [-0.39, 0.29) is 5.57 Å². The van der Waals surface area contributed by atoms with Gasteiger partial charge in [-0.3, -0.25) is 4.79 Å². The molecule has 0 aromatic heterocycles. The Labute approximate surface area is 146 Å². The lowest BCUT2D eigenvalue weighted by Crippen LogP contribution is -2.31. The maximum absolute atomic E-state index is 12.0. The predicted octanol–water partition coefficient (Wildman–Crippen LogP) is 1.77. The number of nitrogens with zero attached hydrogens (tertiary/aromatic N) is 1. The predicted molar refractivity (Wildman–Crippen MR) is 93.0 cm³/mol. The first-order valence-corrected chi connectivity index (χ1v) is 7.89. The molecule has 0 unspecified atom stereocenters. The average molecular weight is 346 g/mol. The van der Waals surface area contributed by atoms with Crippen molar-refractivity contribution in [1.29, 1.82) is 5.26 Å². The molecule has 0 saturated heterocycles. The summed E-state index contributed by atoms with van der Waals surface area (Å²) in [6, 6.07) is 8.66. The largest absolute Gasteiger partial charge is 0.494 e. The van der Waals surface area contributed by atoms with Gasteiger partial charge in [-0.2, -0.15) is 5.26 Å². The molecule has 0 aliphatic heterocycles. The molecule has 25 heavy (non-hydrogen) atoms. The smallest absolute Gasteiger partial charge is 0.407 e. The zero-order valence-electron chi connectivity index (χ0n) is 14.3. The van der Waals surface area contributed by atoms with Gasteiger partial charge < -0.3 is 25.4 Å². The minimum Gasteiger partial charge on any atom is -0.494 e. The third-order valence-corrected chi connectivity index (χ3v) is 2.85. The number of alkyl carbamates (subject to hydrolysis) is 1. The van der Waals surface area contributed by atoms with Crippen molar-refractivity contribution in [3.8, 4) is 11.8 Å². The van der Waals surface area contributed by atoms with Crippen LogP contribution in [0.1, 0.15) is 13.8 Å². The number of anilines is 1. The van der Waals surface area contributed by atoms with E-state index in [2.05, 4.69) is 16.0 Å². The summed E-state index contributed by atoms with van der Waals surface area (Å²) in [6.07, 6.45) is 0.790. The molecule has 1 rings (SSSR count). The number of hydrogen-bond acceptors (Lipinski definition) is 6. The Morgan fingerprint density at radius 2 is 1.88 bits per heavy atom. The highest BCUT2D eigenvalue weighted by Gasteiger charge is 2.09. The number of ether oxygens (including phenoxy) is 2. The number of carbonyl (C=O) groups is 2. The molecule has 0 aliphatic rings. The summed E-state index contributed by atoms with van der Waals surface area (Å²) in [4.78, 5) is 23.1. The summed E-state index contributed by atoms with van der Waals surface area (Å²) >= 11 is 0. The highest BCUT2D eigenvalue weighted by molar-refractivity contribution is 6.06. The summed E-state index contributed by atoms with van der Waals surface area (Å²) in [6.45, 7) is 5.10. The van der Waals surface area contributed by atoms with E-state index in [0.717, 1.165) is 0 Å². The Hall–Kier alpha value is -3.21. The third kappa shape index (κ3) is 7.74. The molecule has 0 aliphatic carbocycles. The van der Waals surface area contributed by atoms with Gasteiger partial charge in [-0.05, 0) is 38.1 Å². The molecule has 134 valence electrons. The van der Waals surface area contributed by atoms with Crippen LogP contribution in [0.4, 0.5) is 10.5 Å². The van der Waals surface area contributed by atoms with E-state index in [1.165, 1.54) is 6.20 Å². The highest BCUT2D eigenvalue weighted by atomic mass is 16.5. The van der Waals surface area contributed by atoms with Crippen LogP contribution >= 0.6 is 0 Å². The molecule has 0 bridgehead atoms. The van der Waals surface area contributed by atoms with Gasteiger partial charge in [-0.1, -0.05) is 0 Å². The standard InChI is InChI=1S/C17H22N4O4/c1-3-24-15-7-5-14(6-8-15)21-16(22)13(11-18)12-19-9-10-20-17(23)25-4-2/h5-8,12,19H,3-4,9-10H2,1-2H3,(H,20,23)(H,21,22)/b13-12-. The summed E-state index contributed by atoms with van der Waals surface area (Å²) in [7, 11) is 0. The number of amides is 2. The monoisotopic (exact) mass is 346 g/mol. The second-order valence-electron chi connectivity index (χ2n) is 4.68. The van der Waals surface area contributed by atoms with E-state index >= 15 is 0 Å². The van der Waals surface area contributed by atoms with Crippen molar-refractivity contribution >= 4 is 17.7 Å². The Morgan fingerprint density at radius 1 is 1.16 bits per heavy atom. The lowest BCUT2D eigenvalue weighted by atomic mass is 10.2. The summed E-state index contributed by atoms with van der Waals surface area (Å²) < 4.78 is 10.0. The van der Waals surface area contributed by atoms with Crippen LogP contribution < -0.4 is 20.7 Å². The van der Waals surface area contributed by atoms with Crippen LogP contribution in [0, 0.1) is 11.3 Å². The van der Waals surface area contributed by atoms with E-state index in [0.29, 0.717) is 37.7 Å². The average Bonchev–Trinajstić information content (AvgIpc) is 2.60. The molecular weight excluding hydrogens is 324 g/mol. The van der Waals surface area contributed by atoms with Crippen LogP contribution in [0.25, 0.3) is 0 Å². The zero-order chi connectivity index (χ0) is 18.5. The Kier molecular flexibility index (Phi) is 9.00. The molecule has 0 atom stereocenters. The van der Waals surface area contributed by atoms with E-state index in [1.807, 2.05) is 13.0 Å². The van der Waals surface area contributed by atoms with E-state index < -0.39 is 12.0 Å². The normalized spacial score (nSPS) is 10.4. The molecule has 3 N–H and O–H groups in total. The van der Waals surface area contributed by atoms with Gasteiger partial charge in [0, 0.05) is 25.0 Å². The van der Waals surface area contributed by atoms with Crippen LogP contribution in [0.2, 0.25) is 0 Å². The fourth-order valence-electron chi connectivity index (χ4n) is 1.74. The van der Waals surface area contributed by atoms with Crippen molar-refractivity contribution in [2.45, 2.75) is 13.8 Å². The molecule has 1 aromatic rings. The molecule has 0 heterocycles. The van der Waals surface area contributed by atoms with Gasteiger partial charge in [0.05, 0.1) is 13.2 Å². The maximum Gasteiger partial charge on any atom is 0.407 e. The third-order valence-electron chi connectivity index (χ3n) is 2.85. The van der Waals surface area contributed by atoms with Crippen molar-refractivity contribution < 1.29 is 19.1 Å². The molecule has 1 aromatic carbocycles. The van der Waals surface area contributed by atoms with Crippen molar-refractivity contribution in [1.82, 2.24) is 10.6 Å². The van der Waals surface area contributed by atoms with Crippen LogP contribution in [0.15, 0.2) is 36.0 Å². The van der Waals surface area contributed by atoms with Crippen LogP contribution in [-0.2, 0) is 9.53 Å². The van der Waals surface area contributed by atoms with Crippen molar-refractivity contribution in [3.63, 3.8) is 0 Å². The highest BCUT2D eigenvalue weighted by Crippen LogP contribution is 2.16. The molecule has 0 fully saturated rings. The number of nitrogens with one attached hydrogen (secondary N) is 3. The lowest BCUT2D eigenvalue weighted by molar-refractivity contribution is -0.112. The second kappa shape index (κ2) is 11.3. The van der Waals surface area contributed by atoms with Gasteiger partial charge in [0.2, 0.25) is 0 Å². The SMILES string of the molecule is CCOC(=O)NCCN/C=C(/C#N)C(=O)Nc1ccc(OCC)cc1. The van der Waals surface area contributed by atoms with Crippen molar-refractivity contribution in [3.05, 3.63) is 36.0 Å². The van der Waals surface area contributed by atoms with Gasteiger partial charge in [0.15, 0.2) is 0 Å². The Morgan fingerprint density at radius 3 is 2.48 bits per heavy atom. The number of rotatable bonds is 9. The Bertz CT molecular complexity index is 635. The Balaban J connectivity index is 2.45. The summed E-state index contributed by atoms with van der Waals surface area (Å²) in [5, 5.41) is 17.0. The van der Waals surface area contributed by atoms with Gasteiger partial charge in [-0.15, -0.1) is 0 Å². The second-order valence-corrected chi connectivity index (χ2v) is 4.68. The fourth-order valence-corrected chi connectivity index (χ4v) is 1.74. The van der Waals surface area contributed by atoms with E-state index in [4.69, 9.17) is 14.7 Å². The van der Waals surface area contributed by atoms with Crippen molar-refractivity contribution in [2.24, 2.45) is 0 Å². The molecule has 0 radical (unpaired) electrons. The molecule has 8 nitrogen and oxygen atoms in total. The first kappa shape index (κ1) is 19.8. The van der Waals surface area contributed by atoms with Crippen LogP contribution in [0.3, 0.4) is 0 Å². The first-order valence-electron chi connectivity index (χ1n) is 7.89. The molecule has 8 heteroatoms. The number of nitriles is 1. The molecule has 2 amide bonds. The first-order chi connectivity index (χ1) is 12.1. The zero-order valence-corrected chi connectivity index (χ0v) is 14.3. The van der Waals surface area contributed by atoms with E-state index in [9.17, 15) is 9.59 Å². The molecule has 0 saturated carbocycles. The molecular formula is C17H22N4O4. The van der Waals surface area contributed by atoms with Crippen LogP contribution in [0.5, 0.6) is 5.75 Å². The van der Waals surface area contributed by atoms with Gasteiger partial charge in [-0.25, -0.2) is 4.79 Å². The van der Waals surface area contributed by atoms with Gasteiger partial charge >= 0.3 is 6.09 Å². The quantitative estimate of drug-likeness (QED) is 0.357. The fraction of sp³-hybridized carbons (Fsp3) is 0.353. The number of benzene rings is 1. The maximum atomic E-state index is 12.0. The lowest BCUT2D eigenvalue weighted by Gasteiger charge is -2.07. The number of carbonyl (C=O) groups excluding carboxylic acids is 2. The van der Waals surface area contributed by atoms with Gasteiger partial charge in [0.1, 0.15) is 17.4 Å². The topological polar surface area (TPSA) is 112 Å². The van der Waals surface area contributed by atoms with Crippen LogP contribution in [-0.4, -0.2) is 38.3 Å². The summed E-state index contributed by atoms with van der Waals surface area (Å²) in [5.41, 5.74) is 0.476. The van der Waals surface area contributed by atoms with E-state index in [1.54, 1.807) is 31.2 Å². The summed E-state index contributed by atoms with van der Waals surface area (Å²) in [5.74, 6) is 0.171. The number of hydrogen-bond donors (Lipinski definition) is 3. The minimum atomic E-state index is -0.530. The van der Waals surface area contributed by atoms with Crippen molar-refractivity contribution in [2.75, 3.05) is 31.6 Å². The minimum absolute atomic E-state index is 0.0787.